The van der Waals surface area contributed by atoms with Crippen molar-refractivity contribution in [3.8, 4) is 0 Å². The summed E-state index contributed by atoms with van der Waals surface area (Å²) in [5.41, 5.74) is -1.10. The number of hydrogen-bond donors (Lipinski definition) is 2. The number of alkyl halides is 3. The maximum atomic E-state index is 10.8. The molecule has 1 saturated heterocycles. The molecule has 1 aliphatic heterocycles. The standard InChI is InChI=1S/C4H3Cl3N2O2/c5-1-4(6,7)2(10)9-3(11)8-1/h1H,(H2,8,9,10,11). The van der Waals surface area contributed by atoms with Crippen molar-refractivity contribution in [2.45, 2.75) is 9.83 Å². The third-order valence-electron chi connectivity index (χ3n) is 1.11. The summed E-state index contributed by atoms with van der Waals surface area (Å²) in [4.78, 5) is 21.3. The Labute approximate surface area is 77.2 Å². The van der Waals surface area contributed by atoms with Crippen LogP contribution in [-0.4, -0.2) is 21.8 Å². The van der Waals surface area contributed by atoms with Crippen molar-refractivity contribution >= 4 is 46.7 Å². The van der Waals surface area contributed by atoms with E-state index in [4.69, 9.17) is 34.8 Å². The van der Waals surface area contributed by atoms with Crippen LogP contribution in [-0.2, 0) is 4.79 Å². The molecule has 2 N–H and O–H groups in total. The molecule has 1 rings (SSSR count). The minimum absolute atomic E-state index is 0.702. The smallest absolute Gasteiger partial charge is 0.318 e. The van der Waals surface area contributed by atoms with Gasteiger partial charge in [-0.15, -0.1) is 0 Å². The summed E-state index contributed by atoms with van der Waals surface area (Å²) in [5.74, 6) is -0.815. The number of rotatable bonds is 0. The molecule has 0 radical (unpaired) electrons. The Balaban J connectivity index is 2.84. The van der Waals surface area contributed by atoms with E-state index in [0.717, 1.165) is 0 Å². The number of hydrogen-bond acceptors (Lipinski definition) is 2. The molecule has 0 spiro atoms. The van der Waals surface area contributed by atoms with Crippen LogP contribution in [0.15, 0.2) is 0 Å². The number of amides is 3. The van der Waals surface area contributed by atoms with Crippen LogP contribution in [0.1, 0.15) is 0 Å². The molecule has 0 saturated carbocycles. The van der Waals surface area contributed by atoms with Gasteiger partial charge in [-0.25, -0.2) is 4.79 Å². The first-order valence-electron chi connectivity index (χ1n) is 2.58. The molecule has 1 fully saturated rings. The van der Waals surface area contributed by atoms with Crippen molar-refractivity contribution in [2.24, 2.45) is 0 Å². The van der Waals surface area contributed by atoms with Gasteiger partial charge in [0.2, 0.25) is 4.33 Å². The van der Waals surface area contributed by atoms with E-state index >= 15 is 0 Å². The van der Waals surface area contributed by atoms with E-state index in [1.807, 2.05) is 5.32 Å². The highest BCUT2D eigenvalue weighted by Gasteiger charge is 2.46. The van der Waals surface area contributed by atoms with Crippen LogP contribution in [0.2, 0.25) is 0 Å². The molecule has 11 heavy (non-hydrogen) atoms. The zero-order valence-corrected chi connectivity index (χ0v) is 7.30. The largest absolute Gasteiger partial charge is 0.322 e. The molecule has 3 amide bonds. The first-order chi connectivity index (χ1) is 4.94. The Morgan fingerprint density at radius 3 is 2.36 bits per heavy atom. The predicted molar refractivity (Wildman–Crippen MR) is 40.8 cm³/mol. The second kappa shape index (κ2) is 2.69. The quantitative estimate of drug-likeness (QED) is 0.460. The summed E-state index contributed by atoms with van der Waals surface area (Å²) in [6, 6.07) is -0.702. The van der Waals surface area contributed by atoms with Crippen LogP contribution >= 0.6 is 34.8 Å². The fraction of sp³-hybridized carbons (Fsp3) is 0.500. The van der Waals surface area contributed by atoms with E-state index in [9.17, 15) is 9.59 Å². The van der Waals surface area contributed by atoms with E-state index in [1.54, 1.807) is 0 Å². The summed E-state index contributed by atoms with van der Waals surface area (Å²) in [5, 5.41) is 3.99. The van der Waals surface area contributed by atoms with Gasteiger partial charge in [0.25, 0.3) is 5.91 Å². The highest BCUT2D eigenvalue weighted by molar-refractivity contribution is 6.62. The topological polar surface area (TPSA) is 58.2 Å². The van der Waals surface area contributed by atoms with Gasteiger partial charge in [0.15, 0.2) is 0 Å². The van der Waals surface area contributed by atoms with Gasteiger partial charge in [-0.3, -0.25) is 10.1 Å². The van der Waals surface area contributed by atoms with Crippen molar-refractivity contribution in [2.75, 3.05) is 0 Å². The Morgan fingerprint density at radius 1 is 1.36 bits per heavy atom. The Hall–Kier alpha value is -0.190. The average molecular weight is 217 g/mol. The summed E-state index contributed by atoms with van der Waals surface area (Å²) >= 11 is 16.3. The molecule has 0 bridgehead atoms. The molecule has 62 valence electrons. The third-order valence-corrected chi connectivity index (χ3v) is 2.55. The third kappa shape index (κ3) is 1.52. The van der Waals surface area contributed by atoms with Crippen molar-refractivity contribution in [1.29, 1.82) is 0 Å². The van der Waals surface area contributed by atoms with E-state index < -0.39 is 21.8 Å². The molecule has 0 aromatic carbocycles. The Kier molecular flexibility index (Phi) is 2.18. The number of nitrogens with one attached hydrogen (secondary N) is 2. The van der Waals surface area contributed by atoms with Crippen molar-refractivity contribution in [3.05, 3.63) is 0 Å². The van der Waals surface area contributed by atoms with Crippen LogP contribution in [0, 0.1) is 0 Å². The normalized spacial score (nSPS) is 29.2. The molecule has 1 atom stereocenters. The van der Waals surface area contributed by atoms with Crippen LogP contribution in [0.25, 0.3) is 0 Å². The predicted octanol–water partition coefficient (Wildman–Crippen LogP) is 0.565. The molecule has 1 heterocycles. The number of urea groups is 1. The number of halogens is 3. The lowest BCUT2D eigenvalue weighted by Gasteiger charge is -2.28. The van der Waals surface area contributed by atoms with E-state index in [1.165, 1.54) is 0 Å². The van der Waals surface area contributed by atoms with Gasteiger partial charge in [-0.1, -0.05) is 34.8 Å². The van der Waals surface area contributed by atoms with Gasteiger partial charge in [-0.2, -0.15) is 0 Å². The Bertz CT molecular complexity index is 217. The van der Waals surface area contributed by atoms with Crippen LogP contribution < -0.4 is 10.6 Å². The molecule has 0 aromatic rings. The lowest BCUT2D eigenvalue weighted by Crippen LogP contribution is -2.61. The fourth-order valence-electron chi connectivity index (χ4n) is 0.543. The number of imide groups is 1. The number of carbonyl (C=O) groups is 2. The zero-order valence-electron chi connectivity index (χ0n) is 5.03. The van der Waals surface area contributed by atoms with Crippen molar-refractivity contribution < 1.29 is 9.59 Å². The van der Waals surface area contributed by atoms with Crippen LogP contribution in [0.5, 0.6) is 0 Å². The van der Waals surface area contributed by atoms with Crippen LogP contribution in [0.4, 0.5) is 4.79 Å². The molecular weight excluding hydrogens is 214 g/mol. The molecule has 1 unspecified atom stereocenters. The van der Waals surface area contributed by atoms with Gasteiger partial charge in [0.05, 0.1) is 0 Å². The molecule has 4 nitrogen and oxygen atoms in total. The zero-order chi connectivity index (χ0) is 8.65. The second-order valence-electron chi connectivity index (χ2n) is 1.91. The summed E-state index contributed by atoms with van der Waals surface area (Å²) < 4.78 is -1.80. The van der Waals surface area contributed by atoms with Gasteiger partial charge in [0, 0.05) is 0 Å². The maximum Gasteiger partial charge on any atom is 0.322 e. The molecule has 0 aliphatic carbocycles. The average Bonchev–Trinajstić information content (AvgIpc) is 1.84. The van der Waals surface area contributed by atoms with Crippen molar-refractivity contribution in [3.63, 3.8) is 0 Å². The van der Waals surface area contributed by atoms with Gasteiger partial charge in [-0.05, 0) is 0 Å². The SMILES string of the molecule is O=C1NC(=O)C(Cl)(Cl)C(Cl)N1. The van der Waals surface area contributed by atoms with Crippen LogP contribution in [0.3, 0.4) is 0 Å². The lowest BCUT2D eigenvalue weighted by atomic mass is 10.3. The summed E-state index contributed by atoms with van der Waals surface area (Å²) in [7, 11) is 0. The highest BCUT2D eigenvalue weighted by Crippen LogP contribution is 2.29. The second-order valence-corrected chi connectivity index (χ2v) is 3.74. The maximum absolute atomic E-state index is 10.8. The first-order valence-corrected chi connectivity index (χ1v) is 3.77. The van der Waals surface area contributed by atoms with E-state index in [0.29, 0.717) is 0 Å². The lowest BCUT2D eigenvalue weighted by molar-refractivity contribution is -0.121. The summed E-state index contributed by atoms with van der Waals surface area (Å²) in [6.45, 7) is 0. The molecule has 1 aliphatic rings. The highest BCUT2D eigenvalue weighted by atomic mass is 35.5. The minimum atomic E-state index is -1.80. The number of carbonyl (C=O) groups excluding carboxylic acids is 2. The molecular formula is C4H3Cl3N2O2. The van der Waals surface area contributed by atoms with Gasteiger partial charge < -0.3 is 5.32 Å². The summed E-state index contributed by atoms with van der Waals surface area (Å²) in [6.07, 6.45) is 0. The minimum Gasteiger partial charge on any atom is -0.318 e. The van der Waals surface area contributed by atoms with E-state index in [2.05, 4.69) is 5.32 Å². The molecule has 7 heteroatoms. The fourth-order valence-corrected chi connectivity index (χ4v) is 0.945. The van der Waals surface area contributed by atoms with Crippen molar-refractivity contribution in [1.82, 2.24) is 10.6 Å². The Morgan fingerprint density at radius 2 is 1.91 bits per heavy atom. The monoisotopic (exact) mass is 216 g/mol. The molecule has 0 aromatic heterocycles. The first kappa shape index (κ1) is 8.90. The van der Waals surface area contributed by atoms with Gasteiger partial charge >= 0.3 is 6.03 Å². The van der Waals surface area contributed by atoms with Gasteiger partial charge in [0.1, 0.15) is 5.50 Å². The van der Waals surface area contributed by atoms with E-state index in [-0.39, 0.29) is 0 Å².